The van der Waals surface area contributed by atoms with Crippen molar-refractivity contribution in [1.82, 2.24) is 10.3 Å². The largest absolute Gasteiger partial charge is 0.481 e. The van der Waals surface area contributed by atoms with Crippen molar-refractivity contribution >= 4 is 51.5 Å². The van der Waals surface area contributed by atoms with Crippen LogP contribution in [0.5, 0.6) is 0 Å². The summed E-state index contributed by atoms with van der Waals surface area (Å²) in [7, 11) is 0. The zero-order chi connectivity index (χ0) is 25.5. The van der Waals surface area contributed by atoms with Gasteiger partial charge >= 0.3 is 5.97 Å². The van der Waals surface area contributed by atoms with Crippen molar-refractivity contribution in [2.75, 3.05) is 11.4 Å². The van der Waals surface area contributed by atoms with Gasteiger partial charge in [-0.1, -0.05) is 65.7 Å². The topological polar surface area (TPSA) is 82.5 Å². The average Bonchev–Trinajstić information content (AvgIpc) is 3.35. The van der Waals surface area contributed by atoms with Crippen LogP contribution in [0, 0.1) is 0 Å². The highest BCUT2D eigenvalue weighted by Crippen LogP contribution is 2.31. The quantitative estimate of drug-likeness (QED) is 0.239. The van der Waals surface area contributed by atoms with Crippen LogP contribution >= 0.6 is 34.5 Å². The molecule has 1 amide bonds. The Labute approximate surface area is 223 Å². The number of rotatable bonds is 10. The van der Waals surface area contributed by atoms with E-state index in [1.807, 2.05) is 66.0 Å². The first kappa shape index (κ1) is 25.7. The number of carbonyl (C=O) groups is 2. The van der Waals surface area contributed by atoms with E-state index in [1.165, 1.54) is 11.3 Å². The second-order valence-corrected chi connectivity index (χ2v) is 9.75. The maximum Gasteiger partial charge on any atom is 0.305 e. The number of aromatic nitrogens is 1. The standard InChI is InChI=1S/C27H23Cl2N3O3S/c28-22-6-3-5-20(14-22)24-17-36-27(31-24)32(16-21-4-1-2-7-23(21)29)15-18-8-10-19(11-9-18)26(35)30-13-12-25(33)34/h1-11,14,17H,12-13,15-16H2,(H,30,35)(H,33,34). The van der Waals surface area contributed by atoms with Gasteiger partial charge in [-0.2, -0.15) is 0 Å². The Morgan fingerprint density at radius 2 is 1.75 bits per heavy atom. The van der Waals surface area contributed by atoms with Crippen molar-refractivity contribution in [3.05, 3.63) is 105 Å². The van der Waals surface area contributed by atoms with Crippen LogP contribution in [0.1, 0.15) is 27.9 Å². The van der Waals surface area contributed by atoms with Gasteiger partial charge in [-0.15, -0.1) is 11.3 Å². The Kier molecular flexibility index (Phi) is 8.59. The number of anilines is 1. The minimum Gasteiger partial charge on any atom is -0.481 e. The summed E-state index contributed by atoms with van der Waals surface area (Å²) in [5.41, 5.74) is 4.23. The van der Waals surface area contributed by atoms with Crippen LogP contribution in [-0.2, 0) is 17.9 Å². The van der Waals surface area contributed by atoms with Gasteiger partial charge in [0.15, 0.2) is 5.13 Å². The maximum atomic E-state index is 12.3. The number of benzene rings is 3. The normalized spacial score (nSPS) is 10.7. The number of nitrogens with one attached hydrogen (secondary N) is 1. The van der Waals surface area contributed by atoms with Crippen molar-refractivity contribution in [2.45, 2.75) is 19.5 Å². The zero-order valence-electron chi connectivity index (χ0n) is 19.2. The highest BCUT2D eigenvalue weighted by atomic mass is 35.5. The van der Waals surface area contributed by atoms with Gasteiger partial charge in [-0.05, 0) is 41.5 Å². The summed E-state index contributed by atoms with van der Waals surface area (Å²) in [4.78, 5) is 29.9. The van der Waals surface area contributed by atoms with Crippen LogP contribution in [0.3, 0.4) is 0 Å². The highest BCUT2D eigenvalue weighted by Gasteiger charge is 2.16. The molecule has 0 atom stereocenters. The van der Waals surface area contributed by atoms with Crippen LogP contribution < -0.4 is 10.2 Å². The Bertz CT molecular complexity index is 1360. The van der Waals surface area contributed by atoms with E-state index in [-0.39, 0.29) is 18.9 Å². The molecule has 184 valence electrons. The van der Waals surface area contributed by atoms with E-state index in [1.54, 1.807) is 12.1 Å². The number of halogens is 2. The Balaban J connectivity index is 1.54. The zero-order valence-corrected chi connectivity index (χ0v) is 21.5. The van der Waals surface area contributed by atoms with E-state index in [9.17, 15) is 9.59 Å². The molecule has 4 rings (SSSR count). The lowest BCUT2D eigenvalue weighted by Crippen LogP contribution is -2.26. The first-order valence-corrected chi connectivity index (χ1v) is 12.8. The van der Waals surface area contributed by atoms with Crippen LogP contribution in [0.2, 0.25) is 10.0 Å². The Hall–Kier alpha value is -3.39. The molecule has 0 spiro atoms. The van der Waals surface area contributed by atoms with E-state index >= 15 is 0 Å². The van der Waals surface area contributed by atoms with Crippen LogP contribution in [0.15, 0.2) is 78.2 Å². The molecule has 0 saturated carbocycles. The lowest BCUT2D eigenvalue weighted by molar-refractivity contribution is -0.136. The molecule has 3 aromatic carbocycles. The van der Waals surface area contributed by atoms with Gasteiger partial charge in [0.25, 0.3) is 5.91 Å². The number of aliphatic carboxylic acids is 1. The molecule has 0 saturated heterocycles. The van der Waals surface area contributed by atoms with Crippen LogP contribution in [0.4, 0.5) is 5.13 Å². The minimum absolute atomic E-state index is 0.0839. The van der Waals surface area contributed by atoms with Gasteiger partial charge in [0.2, 0.25) is 0 Å². The molecule has 36 heavy (non-hydrogen) atoms. The molecule has 0 aliphatic rings. The molecule has 0 radical (unpaired) electrons. The van der Waals surface area contributed by atoms with E-state index < -0.39 is 5.97 Å². The number of thiazole rings is 1. The number of carboxylic acids is 1. The van der Waals surface area contributed by atoms with E-state index in [4.69, 9.17) is 33.3 Å². The molecule has 0 aliphatic carbocycles. The summed E-state index contributed by atoms with van der Waals surface area (Å²) in [5.74, 6) is -1.26. The lowest BCUT2D eigenvalue weighted by Gasteiger charge is -2.23. The predicted molar refractivity (Wildman–Crippen MR) is 145 cm³/mol. The molecule has 1 heterocycles. The van der Waals surface area contributed by atoms with Crippen molar-refractivity contribution in [1.29, 1.82) is 0 Å². The smallest absolute Gasteiger partial charge is 0.305 e. The lowest BCUT2D eigenvalue weighted by atomic mass is 10.1. The number of hydrogen-bond donors (Lipinski definition) is 2. The molecular weight excluding hydrogens is 517 g/mol. The summed E-state index contributed by atoms with van der Waals surface area (Å²) < 4.78 is 0. The van der Waals surface area contributed by atoms with E-state index in [0.717, 1.165) is 27.5 Å². The van der Waals surface area contributed by atoms with Gasteiger partial charge in [0.05, 0.1) is 12.1 Å². The fraction of sp³-hybridized carbons (Fsp3) is 0.148. The van der Waals surface area contributed by atoms with Crippen molar-refractivity contribution in [2.24, 2.45) is 0 Å². The number of carbonyl (C=O) groups excluding carboxylic acids is 1. The summed E-state index contributed by atoms with van der Waals surface area (Å²) in [6.07, 6.45) is -0.119. The summed E-state index contributed by atoms with van der Waals surface area (Å²) in [6, 6.07) is 22.5. The van der Waals surface area contributed by atoms with Gasteiger partial charge in [0, 0.05) is 46.2 Å². The fourth-order valence-electron chi connectivity index (χ4n) is 3.58. The number of hydrogen-bond acceptors (Lipinski definition) is 5. The van der Waals surface area contributed by atoms with Gasteiger partial charge in [-0.25, -0.2) is 4.98 Å². The van der Waals surface area contributed by atoms with Gasteiger partial charge in [-0.3, -0.25) is 9.59 Å². The SMILES string of the molecule is O=C(O)CCNC(=O)c1ccc(CN(Cc2ccccc2Cl)c2nc(-c3cccc(Cl)c3)cs2)cc1. The van der Waals surface area contributed by atoms with Gasteiger partial charge in [0.1, 0.15) is 0 Å². The van der Waals surface area contributed by atoms with Crippen LogP contribution in [0.25, 0.3) is 11.3 Å². The molecule has 6 nitrogen and oxygen atoms in total. The minimum atomic E-state index is -0.954. The monoisotopic (exact) mass is 539 g/mol. The molecule has 0 bridgehead atoms. The first-order valence-electron chi connectivity index (χ1n) is 11.2. The van der Waals surface area contributed by atoms with Crippen molar-refractivity contribution < 1.29 is 14.7 Å². The summed E-state index contributed by atoms with van der Waals surface area (Å²) in [5, 5.41) is 15.5. The molecule has 9 heteroatoms. The molecule has 1 aromatic heterocycles. The molecule has 2 N–H and O–H groups in total. The number of nitrogens with zero attached hydrogens (tertiary/aromatic N) is 2. The number of carboxylic acid groups (broad SMARTS) is 1. The van der Waals surface area contributed by atoms with Crippen molar-refractivity contribution in [3.8, 4) is 11.3 Å². The molecule has 4 aromatic rings. The average molecular weight is 540 g/mol. The maximum absolute atomic E-state index is 12.3. The highest BCUT2D eigenvalue weighted by molar-refractivity contribution is 7.14. The second kappa shape index (κ2) is 12.0. The first-order chi connectivity index (χ1) is 17.4. The molecule has 0 unspecified atom stereocenters. The second-order valence-electron chi connectivity index (χ2n) is 8.07. The third-order valence-corrected chi connectivity index (χ3v) is 6.92. The summed E-state index contributed by atoms with van der Waals surface area (Å²) in [6.45, 7) is 1.19. The third kappa shape index (κ3) is 6.85. The fourth-order valence-corrected chi connectivity index (χ4v) is 4.80. The Morgan fingerprint density at radius 3 is 2.47 bits per heavy atom. The van der Waals surface area contributed by atoms with E-state index in [0.29, 0.717) is 28.7 Å². The van der Waals surface area contributed by atoms with E-state index in [2.05, 4.69) is 10.2 Å². The van der Waals surface area contributed by atoms with Gasteiger partial charge < -0.3 is 15.3 Å². The molecule has 0 aliphatic heterocycles. The third-order valence-electron chi connectivity index (χ3n) is 5.42. The Morgan fingerprint density at radius 1 is 0.972 bits per heavy atom. The number of amides is 1. The van der Waals surface area contributed by atoms with Crippen LogP contribution in [-0.4, -0.2) is 28.5 Å². The molecule has 0 fully saturated rings. The molecular formula is C27H23Cl2N3O3S. The predicted octanol–water partition coefficient (Wildman–Crippen LogP) is 6.53. The van der Waals surface area contributed by atoms with Crippen molar-refractivity contribution in [3.63, 3.8) is 0 Å². The summed E-state index contributed by atoms with van der Waals surface area (Å²) >= 11 is 14.2.